The van der Waals surface area contributed by atoms with Gasteiger partial charge in [0.1, 0.15) is 0 Å². The Hall–Kier alpha value is -0.0800. The SMILES string of the molecule is CC(O)C1(O)CCCCCC1. The quantitative estimate of drug-likeness (QED) is 0.567. The molecule has 1 rings (SSSR count). The molecule has 1 unspecified atom stereocenters. The Morgan fingerprint density at radius 3 is 1.91 bits per heavy atom. The molecule has 1 fully saturated rings. The molecule has 11 heavy (non-hydrogen) atoms. The van der Waals surface area contributed by atoms with E-state index in [4.69, 9.17) is 0 Å². The summed E-state index contributed by atoms with van der Waals surface area (Å²) in [4.78, 5) is 0. The van der Waals surface area contributed by atoms with Gasteiger partial charge >= 0.3 is 0 Å². The van der Waals surface area contributed by atoms with Gasteiger partial charge in [-0.1, -0.05) is 25.7 Å². The number of hydrogen-bond donors (Lipinski definition) is 2. The summed E-state index contributed by atoms with van der Waals surface area (Å²) >= 11 is 0. The van der Waals surface area contributed by atoms with Crippen molar-refractivity contribution in [1.29, 1.82) is 0 Å². The van der Waals surface area contributed by atoms with Gasteiger partial charge in [-0.25, -0.2) is 0 Å². The zero-order chi connectivity index (χ0) is 8.32. The molecule has 0 bridgehead atoms. The number of aliphatic hydroxyl groups is 2. The highest BCUT2D eigenvalue weighted by Gasteiger charge is 2.32. The van der Waals surface area contributed by atoms with E-state index < -0.39 is 11.7 Å². The monoisotopic (exact) mass is 158 g/mol. The van der Waals surface area contributed by atoms with Gasteiger partial charge in [-0.05, 0) is 19.8 Å². The van der Waals surface area contributed by atoms with E-state index in [0.717, 1.165) is 25.7 Å². The van der Waals surface area contributed by atoms with Gasteiger partial charge in [0.15, 0.2) is 0 Å². The summed E-state index contributed by atoms with van der Waals surface area (Å²) in [5.41, 5.74) is -0.781. The van der Waals surface area contributed by atoms with Crippen molar-refractivity contribution in [1.82, 2.24) is 0 Å². The van der Waals surface area contributed by atoms with Crippen LogP contribution in [0, 0.1) is 0 Å². The molecule has 1 aliphatic rings. The second kappa shape index (κ2) is 3.55. The second-order valence-corrected chi connectivity index (χ2v) is 3.69. The van der Waals surface area contributed by atoms with Crippen LogP contribution in [0.4, 0.5) is 0 Å². The van der Waals surface area contributed by atoms with Crippen molar-refractivity contribution in [3.63, 3.8) is 0 Å². The molecule has 66 valence electrons. The average Bonchev–Trinajstić information content (AvgIpc) is 2.15. The maximum Gasteiger partial charge on any atom is 0.0902 e. The average molecular weight is 158 g/mol. The van der Waals surface area contributed by atoms with E-state index in [1.54, 1.807) is 6.92 Å². The van der Waals surface area contributed by atoms with Crippen LogP contribution in [-0.4, -0.2) is 21.9 Å². The zero-order valence-electron chi connectivity index (χ0n) is 7.21. The van der Waals surface area contributed by atoms with Crippen molar-refractivity contribution < 1.29 is 10.2 Å². The van der Waals surface area contributed by atoms with Crippen LogP contribution in [0.5, 0.6) is 0 Å². The molecule has 2 N–H and O–H groups in total. The summed E-state index contributed by atoms with van der Waals surface area (Å²) in [7, 11) is 0. The molecule has 1 aliphatic carbocycles. The van der Waals surface area contributed by atoms with Gasteiger partial charge in [-0.3, -0.25) is 0 Å². The Labute approximate surface area is 68.2 Å². The molecule has 1 atom stereocenters. The zero-order valence-corrected chi connectivity index (χ0v) is 7.21. The smallest absolute Gasteiger partial charge is 0.0902 e. The van der Waals surface area contributed by atoms with Crippen LogP contribution >= 0.6 is 0 Å². The van der Waals surface area contributed by atoms with Crippen molar-refractivity contribution in [2.75, 3.05) is 0 Å². The van der Waals surface area contributed by atoms with Gasteiger partial charge in [-0.15, -0.1) is 0 Å². The van der Waals surface area contributed by atoms with E-state index in [0.29, 0.717) is 0 Å². The molecule has 0 aliphatic heterocycles. The minimum atomic E-state index is -0.781. The topological polar surface area (TPSA) is 40.5 Å². The molecule has 0 heterocycles. The van der Waals surface area contributed by atoms with Crippen LogP contribution in [0.15, 0.2) is 0 Å². The summed E-state index contributed by atoms with van der Waals surface area (Å²) in [5.74, 6) is 0. The molecular formula is C9H18O2. The van der Waals surface area contributed by atoms with Crippen LogP contribution in [0.3, 0.4) is 0 Å². The summed E-state index contributed by atoms with van der Waals surface area (Å²) in [6.45, 7) is 1.69. The highest BCUT2D eigenvalue weighted by atomic mass is 16.3. The summed E-state index contributed by atoms with van der Waals surface area (Å²) < 4.78 is 0. The van der Waals surface area contributed by atoms with Crippen LogP contribution in [0.1, 0.15) is 45.4 Å². The molecule has 0 aromatic carbocycles. The predicted molar refractivity (Wildman–Crippen MR) is 44.3 cm³/mol. The Bertz CT molecular complexity index is 113. The molecule has 2 heteroatoms. The maximum atomic E-state index is 9.88. The highest BCUT2D eigenvalue weighted by Crippen LogP contribution is 2.29. The first-order valence-electron chi connectivity index (χ1n) is 4.55. The first kappa shape index (κ1) is 9.01. The standard InChI is InChI=1S/C9H18O2/c1-8(10)9(11)6-4-2-3-5-7-9/h8,10-11H,2-7H2,1H3. The van der Waals surface area contributed by atoms with Crippen molar-refractivity contribution in [2.45, 2.75) is 57.2 Å². The van der Waals surface area contributed by atoms with Gasteiger partial charge in [0.2, 0.25) is 0 Å². The Morgan fingerprint density at radius 2 is 1.55 bits per heavy atom. The van der Waals surface area contributed by atoms with Gasteiger partial charge < -0.3 is 10.2 Å². The molecule has 0 aromatic rings. The van der Waals surface area contributed by atoms with Gasteiger partial charge in [0, 0.05) is 0 Å². The van der Waals surface area contributed by atoms with Crippen molar-refractivity contribution in [2.24, 2.45) is 0 Å². The Morgan fingerprint density at radius 1 is 1.09 bits per heavy atom. The van der Waals surface area contributed by atoms with E-state index in [1.807, 2.05) is 0 Å². The first-order chi connectivity index (χ1) is 5.15. The van der Waals surface area contributed by atoms with E-state index >= 15 is 0 Å². The van der Waals surface area contributed by atoms with Crippen LogP contribution < -0.4 is 0 Å². The third-order valence-electron chi connectivity index (χ3n) is 2.75. The summed E-state index contributed by atoms with van der Waals surface area (Å²) in [6.07, 6.45) is 5.49. The van der Waals surface area contributed by atoms with Crippen molar-refractivity contribution in [3.05, 3.63) is 0 Å². The fourth-order valence-electron chi connectivity index (χ4n) is 1.76. The highest BCUT2D eigenvalue weighted by molar-refractivity contribution is 4.85. The van der Waals surface area contributed by atoms with E-state index in [1.165, 1.54) is 12.8 Å². The molecule has 0 aromatic heterocycles. The lowest BCUT2D eigenvalue weighted by molar-refractivity contribution is -0.0755. The molecule has 0 saturated heterocycles. The predicted octanol–water partition coefficient (Wildman–Crippen LogP) is 1.45. The van der Waals surface area contributed by atoms with E-state index in [2.05, 4.69) is 0 Å². The maximum absolute atomic E-state index is 9.88. The second-order valence-electron chi connectivity index (χ2n) is 3.69. The minimum Gasteiger partial charge on any atom is -0.390 e. The van der Waals surface area contributed by atoms with Crippen LogP contribution in [-0.2, 0) is 0 Å². The molecule has 1 saturated carbocycles. The lowest BCUT2D eigenvalue weighted by Gasteiger charge is -2.29. The molecule has 0 spiro atoms. The molecule has 2 nitrogen and oxygen atoms in total. The number of aliphatic hydroxyl groups excluding tert-OH is 1. The van der Waals surface area contributed by atoms with Gasteiger partial charge in [0.05, 0.1) is 11.7 Å². The molecular weight excluding hydrogens is 140 g/mol. The normalized spacial score (nSPS) is 27.5. The lowest BCUT2D eigenvalue weighted by Crippen LogP contribution is -2.39. The Balaban J connectivity index is 2.52. The first-order valence-corrected chi connectivity index (χ1v) is 4.55. The molecule has 0 radical (unpaired) electrons. The van der Waals surface area contributed by atoms with Crippen molar-refractivity contribution in [3.8, 4) is 0 Å². The number of hydrogen-bond acceptors (Lipinski definition) is 2. The summed E-state index contributed by atoms with van der Waals surface area (Å²) in [6, 6.07) is 0. The fraction of sp³-hybridized carbons (Fsp3) is 1.00. The third kappa shape index (κ3) is 2.17. The van der Waals surface area contributed by atoms with Gasteiger partial charge in [0.25, 0.3) is 0 Å². The third-order valence-corrected chi connectivity index (χ3v) is 2.75. The van der Waals surface area contributed by atoms with Crippen molar-refractivity contribution >= 4 is 0 Å². The number of rotatable bonds is 1. The van der Waals surface area contributed by atoms with Crippen LogP contribution in [0.25, 0.3) is 0 Å². The molecule has 0 amide bonds. The van der Waals surface area contributed by atoms with Gasteiger partial charge in [-0.2, -0.15) is 0 Å². The van der Waals surface area contributed by atoms with E-state index in [-0.39, 0.29) is 0 Å². The van der Waals surface area contributed by atoms with Crippen LogP contribution in [0.2, 0.25) is 0 Å². The minimum absolute atomic E-state index is 0.569. The largest absolute Gasteiger partial charge is 0.390 e. The van der Waals surface area contributed by atoms with E-state index in [9.17, 15) is 10.2 Å². The summed E-state index contributed by atoms with van der Waals surface area (Å²) in [5, 5.41) is 19.2. The Kier molecular flexibility index (Phi) is 2.90. The lowest BCUT2D eigenvalue weighted by atomic mass is 9.89. The fourth-order valence-corrected chi connectivity index (χ4v) is 1.76.